The number of nitrogens with zero attached hydrogens (tertiary/aromatic N) is 2. The van der Waals surface area contributed by atoms with Gasteiger partial charge in [-0.25, -0.2) is 8.42 Å². The molecule has 8 nitrogen and oxygen atoms in total. The number of ether oxygens (including phenoxy) is 1. The second-order valence-corrected chi connectivity index (χ2v) is 12.1. The molecule has 0 heterocycles. The minimum atomic E-state index is -4.10. The lowest BCUT2D eigenvalue weighted by atomic mass is 9.95. The van der Waals surface area contributed by atoms with Gasteiger partial charge >= 0.3 is 0 Å². The Labute approximate surface area is 243 Å². The van der Waals surface area contributed by atoms with Gasteiger partial charge in [0, 0.05) is 12.6 Å². The van der Waals surface area contributed by atoms with Gasteiger partial charge in [0.05, 0.1) is 17.2 Å². The molecule has 0 aromatic heterocycles. The normalized spacial score (nSPS) is 14.6. The molecule has 218 valence electrons. The number of anilines is 1. The Bertz CT molecular complexity index is 1380. The molecule has 9 heteroatoms. The van der Waals surface area contributed by atoms with Gasteiger partial charge in [-0.2, -0.15) is 0 Å². The summed E-state index contributed by atoms with van der Waals surface area (Å²) in [6.07, 6.45) is 5.15. The molecule has 0 unspecified atom stereocenters. The number of amides is 2. The monoisotopic (exact) mass is 577 g/mol. The number of sulfonamides is 1. The first-order chi connectivity index (χ1) is 19.8. The van der Waals surface area contributed by atoms with Gasteiger partial charge in [-0.05, 0) is 68.7 Å². The third kappa shape index (κ3) is 7.88. The van der Waals surface area contributed by atoms with Crippen LogP contribution in [0.5, 0.6) is 5.75 Å². The summed E-state index contributed by atoms with van der Waals surface area (Å²) in [5.41, 5.74) is 1.17. The summed E-state index contributed by atoms with van der Waals surface area (Å²) in [6.45, 7) is 3.73. The molecule has 41 heavy (non-hydrogen) atoms. The number of carbonyl (C=O) groups excluding carboxylic acids is 2. The van der Waals surface area contributed by atoms with Crippen molar-refractivity contribution in [1.82, 2.24) is 10.2 Å². The third-order valence-electron chi connectivity index (χ3n) is 7.36. The summed E-state index contributed by atoms with van der Waals surface area (Å²) in [4.78, 5) is 28.9. The SMILES string of the molecule is CCOc1ccc(N(CC(=O)N(Cc2ccccc2)[C@H](C)C(=O)NC2CCCCC2)S(=O)(=O)c2ccccc2)cc1. The van der Waals surface area contributed by atoms with Crippen LogP contribution in [0.2, 0.25) is 0 Å². The van der Waals surface area contributed by atoms with Crippen molar-refractivity contribution < 1.29 is 22.7 Å². The number of hydrogen-bond acceptors (Lipinski definition) is 5. The smallest absolute Gasteiger partial charge is 0.264 e. The Morgan fingerprint density at radius 2 is 1.51 bits per heavy atom. The van der Waals surface area contributed by atoms with Crippen molar-refractivity contribution in [3.05, 3.63) is 90.5 Å². The molecule has 0 spiro atoms. The highest BCUT2D eigenvalue weighted by molar-refractivity contribution is 7.92. The predicted molar refractivity (Wildman–Crippen MR) is 160 cm³/mol. The number of nitrogens with one attached hydrogen (secondary N) is 1. The van der Waals surface area contributed by atoms with E-state index in [-0.39, 0.29) is 23.4 Å². The van der Waals surface area contributed by atoms with E-state index in [0.717, 1.165) is 42.0 Å². The number of rotatable bonds is 12. The number of hydrogen-bond donors (Lipinski definition) is 1. The van der Waals surface area contributed by atoms with Crippen LogP contribution >= 0.6 is 0 Å². The molecule has 3 aromatic rings. The fraction of sp³-hybridized carbons (Fsp3) is 0.375. The van der Waals surface area contributed by atoms with Crippen molar-refractivity contribution in [2.45, 2.75) is 69.5 Å². The zero-order valence-electron chi connectivity index (χ0n) is 23.7. The van der Waals surface area contributed by atoms with E-state index in [4.69, 9.17) is 4.74 Å². The molecule has 1 aliphatic carbocycles. The lowest BCUT2D eigenvalue weighted by molar-refractivity contribution is -0.139. The van der Waals surface area contributed by atoms with Crippen LogP contribution < -0.4 is 14.4 Å². The standard InChI is InChI=1S/C32H39N3O5S/c1-3-40-29-21-19-28(20-22-29)35(41(38,39)30-17-11-6-12-18-30)24-31(36)34(23-26-13-7-4-8-14-26)25(2)32(37)33-27-15-9-5-10-16-27/h4,6-8,11-14,17-22,25,27H,3,5,9-10,15-16,23-24H2,1-2H3,(H,33,37)/t25-/m1/s1. The van der Waals surface area contributed by atoms with E-state index in [1.807, 2.05) is 37.3 Å². The molecule has 2 amide bonds. The molecule has 4 rings (SSSR count). The Morgan fingerprint density at radius 1 is 0.902 bits per heavy atom. The van der Waals surface area contributed by atoms with Crippen molar-refractivity contribution in [3.8, 4) is 5.75 Å². The zero-order chi connectivity index (χ0) is 29.2. The minimum absolute atomic E-state index is 0.0689. The number of carbonyl (C=O) groups is 2. The largest absolute Gasteiger partial charge is 0.494 e. The maximum Gasteiger partial charge on any atom is 0.264 e. The molecule has 0 radical (unpaired) electrons. The van der Waals surface area contributed by atoms with Gasteiger partial charge < -0.3 is 15.0 Å². The van der Waals surface area contributed by atoms with Crippen LogP contribution in [0.25, 0.3) is 0 Å². The van der Waals surface area contributed by atoms with Crippen molar-refractivity contribution in [2.24, 2.45) is 0 Å². The van der Waals surface area contributed by atoms with Crippen molar-refractivity contribution in [1.29, 1.82) is 0 Å². The van der Waals surface area contributed by atoms with Crippen molar-refractivity contribution in [2.75, 3.05) is 17.5 Å². The Balaban J connectivity index is 1.65. The molecule has 0 saturated heterocycles. The average Bonchev–Trinajstić information content (AvgIpc) is 3.00. The molecule has 1 aliphatic rings. The fourth-order valence-electron chi connectivity index (χ4n) is 5.06. The highest BCUT2D eigenvalue weighted by atomic mass is 32.2. The van der Waals surface area contributed by atoms with Gasteiger partial charge in [-0.3, -0.25) is 13.9 Å². The third-order valence-corrected chi connectivity index (χ3v) is 9.15. The van der Waals surface area contributed by atoms with Crippen molar-refractivity contribution in [3.63, 3.8) is 0 Å². The van der Waals surface area contributed by atoms with E-state index in [1.54, 1.807) is 49.4 Å². The highest BCUT2D eigenvalue weighted by Crippen LogP contribution is 2.27. The van der Waals surface area contributed by atoms with Gasteiger partial charge in [-0.1, -0.05) is 67.8 Å². The predicted octanol–water partition coefficient (Wildman–Crippen LogP) is 5.15. The zero-order valence-corrected chi connectivity index (χ0v) is 24.6. The topological polar surface area (TPSA) is 96.0 Å². The average molecular weight is 578 g/mol. The van der Waals surface area contributed by atoms with Gasteiger partial charge in [0.15, 0.2) is 0 Å². The summed E-state index contributed by atoms with van der Waals surface area (Å²) in [6, 6.07) is 23.3. The maximum absolute atomic E-state index is 14.0. The quantitative estimate of drug-likeness (QED) is 0.321. The van der Waals surface area contributed by atoms with E-state index < -0.39 is 28.5 Å². The summed E-state index contributed by atoms with van der Waals surface area (Å²) < 4.78 is 34.4. The summed E-state index contributed by atoms with van der Waals surface area (Å²) in [5, 5.41) is 3.12. The molecule has 3 aromatic carbocycles. The molecular weight excluding hydrogens is 538 g/mol. The summed E-state index contributed by atoms with van der Waals surface area (Å²) in [5.74, 6) is -0.119. The first kappa shape index (κ1) is 30.1. The van der Waals surface area contributed by atoms with Gasteiger partial charge in [0.25, 0.3) is 10.0 Å². The lowest BCUT2D eigenvalue weighted by Crippen LogP contribution is -2.53. The highest BCUT2D eigenvalue weighted by Gasteiger charge is 2.33. The molecule has 0 bridgehead atoms. The molecule has 0 aliphatic heterocycles. The number of benzene rings is 3. The van der Waals surface area contributed by atoms with E-state index in [9.17, 15) is 18.0 Å². The summed E-state index contributed by atoms with van der Waals surface area (Å²) >= 11 is 0. The lowest BCUT2D eigenvalue weighted by Gasteiger charge is -2.33. The molecule has 1 N–H and O–H groups in total. The fourth-order valence-corrected chi connectivity index (χ4v) is 6.49. The van der Waals surface area contributed by atoms with Gasteiger partial charge in [-0.15, -0.1) is 0 Å². The molecular formula is C32H39N3O5S. The van der Waals surface area contributed by atoms with Crippen molar-refractivity contribution >= 4 is 27.5 Å². The molecule has 1 fully saturated rings. The van der Waals surface area contributed by atoms with E-state index in [0.29, 0.717) is 18.0 Å². The van der Waals surface area contributed by atoms with Crippen LogP contribution in [-0.2, 0) is 26.2 Å². The first-order valence-corrected chi connectivity index (χ1v) is 15.7. The van der Waals surface area contributed by atoms with Crippen LogP contribution in [0, 0.1) is 0 Å². The Hall–Kier alpha value is -3.85. The van der Waals surface area contributed by atoms with Crippen LogP contribution in [-0.4, -0.2) is 50.4 Å². The van der Waals surface area contributed by atoms with Crippen LogP contribution in [0.15, 0.2) is 89.8 Å². The van der Waals surface area contributed by atoms with E-state index >= 15 is 0 Å². The Kier molecular flexibility index (Phi) is 10.4. The molecule has 1 atom stereocenters. The second kappa shape index (κ2) is 14.2. The van der Waals surface area contributed by atoms with E-state index in [1.165, 1.54) is 17.0 Å². The van der Waals surface area contributed by atoms with E-state index in [2.05, 4.69) is 5.32 Å². The van der Waals surface area contributed by atoms with Crippen LogP contribution in [0.4, 0.5) is 5.69 Å². The summed E-state index contributed by atoms with van der Waals surface area (Å²) in [7, 11) is -4.10. The maximum atomic E-state index is 14.0. The van der Waals surface area contributed by atoms with Gasteiger partial charge in [0.2, 0.25) is 11.8 Å². The van der Waals surface area contributed by atoms with Crippen LogP contribution in [0.1, 0.15) is 51.5 Å². The van der Waals surface area contributed by atoms with Gasteiger partial charge in [0.1, 0.15) is 18.3 Å². The Morgan fingerprint density at radius 3 is 2.12 bits per heavy atom. The minimum Gasteiger partial charge on any atom is -0.494 e. The van der Waals surface area contributed by atoms with Crippen LogP contribution in [0.3, 0.4) is 0 Å². The first-order valence-electron chi connectivity index (χ1n) is 14.2. The molecule has 1 saturated carbocycles. The second-order valence-electron chi connectivity index (χ2n) is 10.3.